The van der Waals surface area contributed by atoms with E-state index in [0.29, 0.717) is 10.8 Å². The van der Waals surface area contributed by atoms with Crippen molar-refractivity contribution in [1.29, 1.82) is 0 Å². The fourth-order valence-electron chi connectivity index (χ4n) is 0.808. The molecule has 1 atom stereocenters. The molecule has 0 aliphatic heterocycles. The lowest BCUT2D eigenvalue weighted by Crippen LogP contribution is -2.23. The molecule has 0 aliphatic rings. The van der Waals surface area contributed by atoms with Crippen LogP contribution in [0.2, 0.25) is 5.02 Å². The Balaban J connectivity index is 2.85. The van der Waals surface area contributed by atoms with Gasteiger partial charge in [-0.15, -0.1) is 0 Å². The van der Waals surface area contributed by atoms with Crippen molar-refractivity contribution in [1.82, 2.24) is 0 Å². The van der Waals surface area contributed by atoms with E-state index in [9.17, 15) is 4.79 Å². The molecule has 1 aromatic carbocycles. The van der Waals surface area contributed by atoms with E-state index in [1.54, 1.807) is 12.1 Å². The van der Waals surface area contributed by atoms with Crippen molar-refractivity contribution in [2.75, 3.05) is 0 Å². The van der Waals surface area contributed by atoms with Crippen LogP contribution in [0.1, 0.15) is 6.92 Å². The Bertz CT molecular complexity index is 354. The molecule has 0 aromatic heterocycles. The molecule has 0 bridgehead atoms. The molecule has 1 unspecified atom stereocenters. The quantitative estimate of drug-likeness (QED) is 0.869. The van der Waals surface area contributed by atoms with Gasteiger partial charge in [0.05, 0.1) is 5.02 Å². The number of halogens is 2. The van der Waals surface area contributed by atoms with Crippen LogP contribution >= 0.6 is 34.2 Å². The highest BCUT2D eigenvalue weighted by Crippen LogP contribution is 2.27. The van der Waals surface area contributed by atoms with E-state index in [0.717, 1.165) is 3.57 Å². The third-order valence-electron chi connectivity index (χ3n) is 1.54. The molecule has 0 radical (unpaired) electrons. The van der Waals surface area contributed by atoms with Crippen LogP contribution in [0.25, 0.3) is 0 Å². The smallest absolute Gasteiger partial charge is 0.344 e. The minimum Gasteiger partial charge on any atom is -0.479 e. The maximum atomic E-state index is 10.5. The number of carboxylic acids is 1. The molecule has 0 amide bonds. The number of rotatable bonds is 3. The Morgan fingerprint density at radius 1 is 1.64 bits per heavy atom. The number of aliphatic carboxylic acids is 1. The first kappa shape index (κ1) is 11.6. The number of carbonyl (C=O) groups is 1. The van der Waals surface area contributed by atoms with Crippen LogP contribution < -0.4 is 4.74 Å². The highest BCUT2D eigenvalue weighted by atomic mass is 127. The second-order valence-corrected chi connectivity index (χ2v) is 4.33. The van der Waals surface area contributed by atoms with Crippen molar-refractivity contribution >= 4 is 40.2 Å². The molecule has 1 aromatic rings. The molecule has 0 saturated heterocycles. The van der Waals surface area contributed by atoms with Gasteiger partial charge in [0.25, 0.3) is 0 Å². The van der Waals surface area contributed by atoms with E-state index in [4.69, 9.17) is 21.4 Å². The first-order valence-electron chi connectivity index (χ1n) is 3.85. The second kappa shape index (κ2) is 4.84. The topological polar surface area (TPSA) is 46.5 Å². The van der Waals surface area contributed by atoms with Crippen molar-refractivity contribution in [3.8, 4) is 5.75 Å². The zero-order chi connectivity index (χ0) is 10.7. The standard InChI is InChI=1S/C9H8ClIO3/c1-5(9(12)13)14-8-4-6(11)2-3-7(8)10/h2-5H,1H3,(H,12,13). The summed E-state index contributed by atoms with van der Waals surface area (Å²) in [6.07, 6.45) is -0.898. The molecular weight excluding hydrogens is 318 g/mol. The molecule has 0 fully saturated rings. The van der Waals surface area contributed by atoms with Crippen LogP contribution in [0, 0.1) is 3.57 Å². The maximum absolute atomic E-state index is 10.5. The minimum absolute atomic E-state index is 0.397. The zero-order valence-corrected chi connectivity index (χ0v) is 10.2. The summed E-state index contributed by atoms with van der Waals surface area (Å²) >= 11 is 7.92. The zero-order valence-electron chi connectivity index (χ0n) is 7.33. The minimum atomic E-state index is -1.01. The fourth-order valence-corrected chi connectivity index (χ4v) is 1.43. The fraction of sp³-hybridized carbons (Fsp3) is 0.222. The maximum Gasteiger partial charge on any atom is 0.344 e. The second-order valence-electron chi connectivity index (χ2n) is 2.67. The lowest BCUT2D eigenvalue weighted by molar-refractivity contribution is -0.144. The van der Waals surface area contributed by atoms with Crippen molar-refractivity contribution in [3.63, 3.8) is 0 Å². The van der Waals surface area contributed by atoms with Gasteiger partial charge in [-0.3, -0.25) is 0 Å². The van der Waals surface area contributed by atoms with E-state index in [1.165, 1.54) is 6.92 Å². The SMILES string of the molecule is CC(Oc1cc(I)ccc1Cl)C(=O)O. The highest BCUT2D eigenvalue weighted by Gasteiger charge is 2.14. The van der Waals surface area contributed by atoms with Gasteiger partial charge >= 0.3 is 5.97 Å². The summed E-state index contributed by atoms with van der Waals surface area (Å²) in [6.45, 7) is 1.46. The summed E-state index contributed by atoms with van der Waals surface area (Å²) in [5, 5.41) is 9.05. The largest absolute Gasteiger partial charge is 0.479 e. The first-order chi connectivity index (χ1) is 6.50. The van der Waals surface area contributed by atoms with Gasteiger partial charge < -0.3 is 9.84 Å². The summed E-state index contributed by atoms with van der Waals surface area (Å²) in [6, 6.07) is 5.19. The van der Waals surface area contributed by atoms with E-state index < -0.39 is 12.1 Å². The summed E-state index contributed by atoms with van der Waals surface area (Å²) in [5.74, 6) is -0.617. The monoisotopic (exact) mass is 326 g/mol. The van der Waals surface area contributed by atoms with Crippen LogP contribution in [0.4, 0.5) is 0 Å². The van der Waals surface area contributed by atoms with Gasteiger partial charge in [0.15, 0.2) is 6.10 Å². The van der Waals surface area contributed by atoms with Crippen LogP contribution in [0.3, 0.4) is 0 Å². The van der Waals surface area contributed by atoms with Gasteiger partial charge in [0.2, 0.25) is 0 Å². The Kier molecular flexibility index (Phi) is 4.00. The lowest BCUT2D eigenvalue weighted by Gasteiger charge is -2.11. The van der Waals surface area contributed by atoms with Crippen molar-refractivity contribution < 1.29 is 14.6 Å². The van der Waals surface area contributed by atoms with Gasteiger partial charge in [-0.1, -0.05) is 11.6 Å². The Hall–Kier alpha value is -0.490. The Labute approximate surface area is 100 Å². The third-order valence-corrected chi connectivity index (χ3v) is 2.53. The Morgan fingerprint density at radius 2 is 2.29 bits per heavy atom. The molecular formula is C9H8ClIO3. The predicted molar refractivity (Wildman–Crippen MR) is 61.9 cm³/mol. The summed E-state index contributed by atoms with van der Waals surface area (Å²) < 4.78 is 6.10. The molecule has 0 saturated carbocycles. The average molecular weight is 327 g/mol. The van der Waals surface area contributed by atoms with Gasteiger partial charge in [0, 0.05) is 3.57 Å². The average Bonchev–Trinajstić information content (AvgIpc) is 2.11. The molecule has 0 spiro atoms. The molecule has 1 rings (SSSR count). The van der Waals surface area contributed by atoms with E-state index in [-0.39, 0.29) is 0 Å². The lowest BCUT2D eigenvalue weighted by atomic mass is 10.3. The highest BCUT2D eigenvalue weighted by molar-refractivity contribution is 14.1. The summed E-state index contributed by atoms with van der Waals surface area (Å²) in [4.78, 5) is 10.5. The van der Waals surface area contributed by atoms with Gasteiger partial charge in [-0.25, -0.2) is 4.79 Å². The summed E-state index contributed by atoms with van der Waals surface area (Å²) in [5.41, 5.74) is 0. The molecule has 5 heteroatoms. The molecule has 3 nitrogen and oxygen atoms in total. The molecule has 76 valence electrons. The van der Waals surface area contributed by atoms with Crippen LogP contribution in [-0.4, -0.2) is 17.2 Å². The molecule has 0 aliphatic carbocycles. The van der Waals surface area contributed by atoms with Gasteiger partial charge in [-0.2, -0.15) is 0 Å². The third kappa shape index (κ3) is 3.02. The first-order valence-corrected chi connectivity index (χ1v) is 5.31. The number of carboxylic acid groups (broad SMARTS) is 1. The summed E-state index contributed by atoms with van der Waals surface area (Å²) in [7, 11) is 0. The van der Waals surface area contributed by atoms with Gasteiger partial charge in [-0.05, 0) is 47.7 Å². The van der Waals surface area contributed by atoms with E-state index in [2.05, 4.69) is 22.6 Å². The van der Waals surface area contributed by atoms with Crippen LogP contribution in [0.5, 0.6) is 5.75 Å². The number of hydrogen-bond acceptors (Lipinski definition) is 2. The predicted octanol–water partition coefficient (Wildman–Crippen LogP) is 2.80. The van der Waals surface area contributed by atoms with Crippen molar-refractivity contribution in [3.05, 3.63) is 26.8 Å². The van der Waals surface area contributed by atoms with Crippen molar-refractivity contribution in [2.45, 2.75) is 13.0 Å². The molecule has 14 heavy (non-hydrogen) atoms. The number of ether oxygens (including phenoxy) is 1. The van der Waals surface area contributed by atoms with E-state index >= 15 is 0 Å². The normalized spacial score (nSPS) is 12.2. The van der Waals surface area contributed by atoms with Gasteiger partial charge in [0.1, 0.15) is 5.75 Å². The Morgan fingerprint density at radius 3 is 2.86 bits per heavy atom. The van der Waals surface area contributed by atoms with E-state index in [1.807, 2.05) is 6.07 Å². The van der Waals surface area contributed by atoms with Crippen LogP contribution in [0.15, 0.2) is 18.2 Å². The van der Waals surface area contributed by atoms with Crippen molar-refractivity contribution in [2.24, 2.45) is 0 Å². The van der Waals surface area contributed by atoms with Crippen LogP contribution in [-0.2, 0) is 4.79 Å². The number of benzene rings is 1. The molecule has 1 N–H and O–H groups in total. The molecule has 0 heterocycles. The number of hydrogen-bond donors (Lipinski definition) is 1.